The van der Waals surface area contributed by atoms with Gasteiger partial charge in [-0.25, -0.2) is 9.59 Å². The van der Waals surface area contributed by atoms with E-state index in [0.29, 0.717) is 6.42 Å². The van der Waals surface area contributed by atoms with Crippen LogP contribution in [-0.4, -0.2) is 48.8 Å². The second-order valence-corrected chi connectivity index (χ2v) is 3.95. The molecule has 5 N–H and O–H groups in total. The number of carbonyl (C=O) groups is 3. The molecule has 1 atom stereocenters. The SMILES string of the molecule is CCCC[C@H](NC(=O)NCCOCC(N)=O)C(=O)O. The number of hydrogen-bond acceptors (Lipinski definition) is 4. The van der Waals surface area contributed by atoms with E-state index >= 15 is 0 Å². The summed E-state index contributed by atoms with van der Waals surface area (Å²) >= 11 is 0. The van der Waals surface area contributed by atoms with E-state index in [1.165, 1.54) is 0 Å². The van der Waals surface area contributed by atoms with Crippen molar-refractivity contribution in [2.45, 2.75) is 32.2 Å². The van der Waals surface area contributed by atoms with Crippen molar-refractivity contribution in [2.75, 3.05) is 19.8 Å². The topological polar surface area (TPSA) is 131 Å². The van der Waals surface area contributed by atoms with Crippen LogP contribution >= 0.6 is 0 Å². The predicted octanol–water partition coefficient (Wildman–Crippen LogP) is -0.569. The molecule has 0 saturated carbocycles. The number of nitrogens with two attached hydrogens (primary N) is 1. The third kappa shape index (κ3) is 9.83. The fraction of sp³-hybridized carbons (Fsp3) is 0.727. The van der Waals surface area contributed by atoms with Gasteiger partial charge in [-0.05, 0) is 6.42 Å². The zero-order chi connectivity index (χ0) is 14.7. The number of urea groups is 1. The average molecular weight is 275 g/mol. The van der Waals surface area contributed by atoms with E-state index in [9.17, 15) is 14.4 Å². The van der Waals surface area contributed by atoms with E-state index in [1.54, 1.807) is 0 Å². The van der Waals surface area contributed by atoms with Gasteiger partial charge >= 0.3 is 12.0 Å². The van der Waals surface area contributed by atoms with Gasteiger partial charge in [-0.3, -0.25) is 4.79 Å². The first kappa shape index (κ1) is 17.2. The summed E-state index contributed by atoms with van der Waals surface area (Å²) in [5.74, 6) is -1.65. The molecule has 0 aromatic rings. The molecule has 0 heterocycles. The first-order valence-corrected chi connectivity index (χ1v) is 6.10. The Balaban J connectivity index is 3.80. The molecule has 0 spiro atoms. The Morgan fingerprint density at radius 1 is 1.37 bits per heavy atom. The number of amides is 3. The second kappa shape index (κ2) is 10.1. The number of carboxylic acids is 1. The number of ether oxygens (including phenoxy) is 1. The van der Waals surface area contributed by atoms with E-state index < -0.39 is 23.9 Å². The van der Waals surface area contributed by atoms with Gasteiger partial charge in [-0.1, -0.05) is 19.8 Å². The van der Waals surface area contributed by atoms with E-state index in [2.05, 4.69) is 10.6 Å². The molecule has 19 heavy (non-hydrogen) atoms. The van der Waals surface area contributed by atoms with Gasteiger partial charge in [0.15, 0.2) is 0 Å². The fourth-order valence-electron chi connectivity index (χ4n) is 1.28. The number of rotatable bonds is 10. The zero-order valence-corrected chi connectivity index (χ0v) is 11.0. The van der Waals surface area contributed by atoms with Crippen LogP contribution in [0.25, 0.3) is 0 Å². The van der Waals surface area contributed by atoms with Crippen LogP contribution in [0.2, 0.25) is 0 Å². The average Bonchev–Trinajstić information content (AvgIpc) is 2.33. The molecule has 0 fully saturated rings. The molecule has 8 heteroatoms. The maximum Gasteiger partial charge on any atom is 0.326 e. The molecule has 0 aliphatic rings. The van der Waals surface area contributed by atoms with Crippen LogP contribution in [0.1, 0.15) is 26.2 Å². The fourth-order valence-corrected chi connectivity index (χ4v) is 1.28. The van der Waals surface area contributed by atoms with Gasteiger partial charge < -0.3 is 26.2 Å². The van der Waals surface area contributed by atoms with Gasteiger partial charge in [-0.2, -0.15) is 0 Å². The van der Waals surface area contributed by atoms with Crippen LogP contribution in [0, 0.1) is 0 Å². The zero-order valence-electron chi connectivity index (χ0n) is 11.0. The largest absolute Gasteiger partial charge is 0.480 e. The number of unbranched alkanes of at least 4 members (excludes halogenated alkanes) is 1. The summed E-state index contributed by atoms with van der Waals surface area (Å²) in [4.78, 5) is 32.6. The monoisotopic (exact) mass is 275 g/mol. The highest BCUT2D eigenvalue weighted by Gasteiger charge is 2.18. The molecule has 0 bridgehead atoms. The summed E-state index contributed by atoms with van der Waals surface area (Å²) in [5.41, 5.74) is 4.85. The summed E-state index contributed by atoms with van der Waals surface area (Å²) in [5, 5.41) is 13.7. The number of carbonyl (C=O) groups excluding carboxylic acids is 2. The van der Waals surface area contributed by atoms with Crippen molar-refractivity contribution in [3.63, 3.8) is 0 Å². The van der Waals surface area contributed by atoms with Gasteiger partial charge in [0.25, 0.3) is 0 Å². The van der Waals surface area contributed by atoms with E-state index in [-0.39, 0.29) is 19.8 Å². The molecule has 0 rings (SSSR count). The highest BCUT2D eigenvalue weighted by Crippen LogP contribution is 2.00. The number of hydrogen-bond donors (Lipinski definition) is 4. The number of nitrogens with one attached hydrogen (secondary N) is 2. The molecule has 0 aliphatic heterocycles. The van der Waals surface area contributed by atoms with Gasteiger partial charge in [0, 0.05) is 6.54 Å². The Hall–Kier alpha value is -1.83. The Kier molecular flexibility index (Phi) is 9.15. The van der Waals surface area contributed by atoms with Crippen molar-refractivity contribution in [2.24, 2.45) is 5.73 Å². The molecule has 0 aromatic heterocycles. The standard InChI is InChI=1S/C11H21N3O5/c1-2-3-4-8(10(16)17)14-11(18)13-5-6-19-7-9(12)15/h8H,2-7H2,1H3,(H2,12,15)(H,16,17)(H2,13,14,18)/t8-/m0/s1. The van der Waals surface area contributed by atoms with Crippen molar-refractivity contribution in [1.29, 1.82) is 0 Å². The lowest BCUT2D eigenvalue weighted by Gasteiger charge is -2.14. The van der Waals surface area contributed by atoms with Gasteiger partial charge in [-0.15, -0.1) is 0 Å². The molecule has 0 unspecified atom stereocenters. The van der Waals surface area contributed by atoms with E-state index in [4.69, 9.17) is 15.6 Å². The summed E-state index contributed by atoms with van der Waals surface area (Å²) in [7, 11) is 0. The highest BCUT2D eigenvalue weighted by molar-refractivity contribution is 5.82. The molecular weight excluding hydrogens is 254 g/mol. The van der Waals surface area contributed by atoms with Crippen LogP contribution in [0.4, 0.5) is 4.79 Å². The Bertz CT molecular complexity index is 309. The molecule has 0 radical (unpaired) electrons. The molecule has 3 amide bonds. The van der Waals surface area contributed by atoms with Crippen LogP contribution in [0.5, 0.6) is 0 Å². The summed E-state index contributed by atoms with van der Waals surface area (Å²) in [6, 6.07) is -1.47. The van der Waals surface area contributed by atoms with Crippen molar-refractivity contribution >= 4 is 17.9 Å². The van der Waals surface area contributed by atoms with Crippen molar-refractivity contribution in [3.05, 3.63) is 0 Å². The quantitative estimate of drug-likeness (QED) is 0.397. The molecular formula is C11H21N3O5. The Morgan fingerprint density at radius 2 is 2.05 bits per heavy atom. The minimum absolute atomic E-state index is 0.128. The van der Waals surface area contributed by atoms with Gasteiger partial charge in [0.05, 0.1) is 6.61 Å². The minimum atomic E-state index is -1.06. The van der Waals surface area contributed by atoms with Gasteiger partial charge in [0.2, 0.25) is 5.91 Å². The summed E-state index contributed by atoms with van der Waals surface area (Å²) < 4.78 is 4.83. The summed E-state index contributed by atoms with van der Waals surface area (Å²) in [6.45, 7) is 2.02. The Labute approximate surface area is 111 Å². The van der Waals surface area contributed by atoms with Crippen LogP contribution in [-0.2, 0) is 14.3 Å². The maximum atomic E-state index is 11.4. The van der Waals surface area contributed by atoms with Crippen molar-refractivity contribution in [1.82, 2.24) is 10.6 Å². The molecule has 0 aromatic carbocycles. The van der Waals surface area contributed by atoms with Crippen LogP contribution < -0.4 is 16.4 Å². The van der Waals surface area contributed by atoms with E-state index in [1.807, 2.05) is 6.92 Å². The maximum absolute atomic E-state index is 11.4. The highest BCUT2D eigenvalue weighted by atomic mass is 16.5. The summed E-state index contributed by atoms with van der Waals surface area (Å²) in [6.07, 6.45) is 1.96. The van der Waals surface area contributed by atoms with Crippen molar-refractivity contribution < 1.29 is 24.2 Å². The lowest BCUT2D eigenvalue weighted by molar-refractivity contribution is -0.139. The first-order chi connectivity index (χ1) is 8.97. The predicted molar refractivity (Wildman–Crippen MR) is 67.5 cm³/mol. The molecule has 110 valence electrons. The third-order valence-electron chi connectivity index (χ3n) is 2.23. The van der Waals surface area contributed by atoms with Gasteiger partial charge in [0.1, 0.15) is 12.6 Å². The lowest BCUT2D eigenvalue weighted by atomic mass is 10.1. The normalized spacial score (nSPS) is 11.6. The van der Waals surface area contributed by atoms with Crippen LogP contribution in [0.15, 0.2) is 0 Å². The van der Waals surface area contributed by atoms with Crippen molar-refractivity contribution in [3.8, 4) is 0 Å². The first-order valence-electron chi connectivity index (χ1n) is 6.10. The minimum Gasteiger partial charge on any atom is -0.480 e. The number of carboxylic acid groups (broad SMARTS) is 1. The molecule has 0 saturated heterocycles. The number of primary amides is 1. The number of aliphatic carboxylic acids is 1. The molecule has 0 aliphatic carbocycles. The van der Waals surface area contributed by atoms with Crippen LogP contribution in [0.3, 0.4) is 0 Å². The molecule has 8 nitrogen and oxygen atoms in total. The second-order valence-electron chi connectivity index (χ2n) is 3.95. The van der Waals surface area contributed by atoms with E-state index in [0.717, 1.165) is 12.8 Å². The lowest BCUT2D eigenvalue weighted by Crippen LogP contribution is -2.46. The smallest absolute Gasteiger partial charge is 0.326 e. The Morgan fingerprint density at radius 3 is 2.58 bits per heavy atom. The third-order valence-corrected chi connectivity index (χ3v) is 2.23.